The number of aromatic nitrogens is 1. The van der Waals surface area contributed by atoms with Gasteiger partial charge in [-0.3, -0.25) is 0 Å². The minimum atomic E-state index is -3.50. The van der Waals surface area contributed by atoms with Gasteiger partial charge < -0.3 is 4.90 Å². The molecule has 0 atom stereocenters. The molecule has 1 fully saturated rings. The molecule has 0 radical (unpaired) electrons. The fourth-order valence-electron chi connectivity index (χ4n) is 3.71. The Morgan fingerprint density at radius 1 is 1.00 bits per heavy atom. The Labute approximate surface area is 187 Å². The Hall–Kier alpha value is -1.93. The summed E-state index contributed by atoms with van der Waals surface area (Å²) >= 11 is 7.51. The number of halogens is 1. The molecule has 0 N–H and O–H groups in total. The first kappa shape index (κ1) is 21.3. The summed E-state index contributed by atoms with van der Waals surface area (Å²) in [6, 6.07) is 12.7. The fourth-order valence-corrected chi connectivity index (χ4v) is 6.13. The predicted octanol–water partition coefficient (Wildman–Crippen LogP) is 4.52. The Kier molecular flexibility index (Phi) is 6.16. The quantitative estimate of drug-likeness (QED) is 0.560. The van der Waals surface area contributed by atoms with Crippen molar-refractivity contribution in [2.75, 3.05) is 31.1 Å². The number of piperazine rings is 1. The number of thiazole rings is 1. The van der Waals surface area contributed by atoms with Crippen LogP contribution in [0.25, 0.3) is 0 Å². The van der Waals surface area contributed by atoms with Crippen LogP contribution in [0.1, 0.15) is 22.4 Å². The molecule has 158 valence electrons. The Bertz CT molecular complexity index is 1120. The minimum absolute atomic E-state index is 0.283. The second-order valence-corrected chi connectivity index (χ2v) is 10.7. The lowest BCUT2D eigenvalue weighted by atomic mass is 9.99. The van der Waals surface area contributed by atoms with Crippen LogP contribution in [0.3, 0.4) is 0 Å². The predicted molar refractivity (Wildman–Crippen MR) is 123 cm³/mol. The van der Waals surface area contributed by atoms with E-state index in [9.17, 15) is 8.42 Å². The number of nitrogens with zero attached hydrogens (tertiary/aromatic N) is 3. The van der Waals surface area contributed by atoms with Crippen LogP contribution in [0.4, 0.5) is 5.13 Å². The molecule has 1 aliphatic rings. The molecular weight excluding hydrogens is 438 g/mol. The van der Waals surface area contributed by atoms with E-state index in [0.717, 1.165) is 17.2 Å². The number of aryl methyl sites for hydroxylation is 2. The van der Waals surface area contributed by atoms with Crippen molar-refractivity contribution >= 4 is 38.1 Å². The van der Waals surface area contributed by atoms with Gasteiger partial charge in [-0.1, -0.05) is 29.8 Å². The molecule has 0 bridgehead atoms. The molecule has 1 aliphatic heterocycles. The number of sulfonamides is 1. The average Bonchev–Trinajstić information content (AvgIpc) is 3.20. The van der Waals surface area contributed by atoms with Crippen molar-refractivity contribution in [3.8, 4) is 0 Å². The van der Waals surface area contributed by atoms with Crippen molar-refractivity contribution in [2.24, 2.45) is 0 Å². The van der Waals surface area contributed by atoms with Crippen LogP contribution in [-0.4, -0.2) is 43.9 Å². The smallest absolute Gasteiger partial charge is 0.243 e. The molecule has 4 rings (SSSR count). The van der Waals surface area contributed by atoms with Crippen LogP contribution in [-0.2, 0) is 16.4 Å². The molecule has 0 saturated carbocycles. The van der Waals surface area contributed by atoms with Gasteiger partial charge in [-0.15, -0.1) is 11.3 Å². The van der Waals surface area contributed by atoms with Crippen molar-refractivity contribution in [1.82, 2.24) is 9.29 Å². The van der Waals surface area contributed by atoms with Gasteiger partial charge in [-0.2, -0.15) is 4.31 Å². The maximum Gasteiger partial charge on any atom is 0.243 e. The summed E-state index contributed by atoms with van der Waals surface area (Å²) in [5.41, 5.74) is 4.95. The Morgan fingerprint density at radius 2 is 1.63 bits per heavy atom. The normalized spacial score (nSPS) is 15.5. The highest BCUT2D eigenvalue weighted by molar-refractivity contribution is 7.89. The molecule has 8 heteroatoms. The molecule has 0 amide bonds. The highest BCUT2D eigenvalue weighted by atomic mass is 35.5. The molecule has 0 unspecified atom stereocenters. The highest BCUT2D eigenvalue weighted by Gasteiger charge is 2.29. The molecule has 1 aromatic heterocycles. The van der Waals surface area contributed by atoms with Gasteiger partial charge in [0.2, 0.25) is 10.0 Å². The van der Waals surface area contributed by atoms with Crippen LogP contribution in [0, 0.1) is 13.8 Å². The summed E-state index contributed by atoms with van der Waals surface area (Å²) < 4.78 is 27.3. The van der Waals surface area contributed by atoms with Crippen molar-refractivity contribution in [1.29, 1.82) is 0 Å². The monoisotopic (exact) mass is 461 g/mol. The second-order valence-electron chi connectivity index (χ2n) is 7.51. The first-order valence-corrected chi connectivity index (χ1v) is 12.5. The molecule has 30 heavy (non-hydrogen) atoms. The zero-order valence-electron chi connectivity index (χ0n) is 17.0. The van der Waals surface area contributed by atoms with E-state index < -0.39 is 10.0 Å². The molecule has 2 aromatic carbocycles. The number of hydrogen-bond acceptors (Lipinski definition) is 5. The zero-order chi connectivity index (χ0) is 21.3. The van der Waals surface area contributed by atoms with Gasteiger partial charge in [0.25, 0.3) is 0 Å². The van der Waals surface area contributed by atoms with Crippen LogP contribution in [0.5, 0.6) is 0 Å². The summed E-state index contributed by atoms with van der Waals surface area (Å²) in [6.45, 7) is 6.41. The lowest BCUT2D eigenvalue weighted by Crippen LogP contribution is -2.48. The number of anilines is 1. The fraction of sp³-hybridized carbons (Fsp3) is 0.318. The molecule has 0 aliphatic carbocycles. The van der Waals surface area contributed by atoms with Crippen LogP contribution in [0.2, 0.25) is 5.02 Å². The first-order chi connectivity index (χ1) is 14.3. The minimum Gasteiger partial charge on any atom is -0.345 e. The van der Waals surface area contributed by atoms with Crippen LogP contribution < -0.4 is 4.90 Å². The van der Waals surface area contributed by atoms with Crippen molar-refractivity contribution in [3.63, 3.8) is 0 Å². The number of benzene rings is 2. The third-order valence-corrected chi connectivity index (χ3v) is 8.62. The molecule has 0 spiro atoms. The van der Waals surface area contributed by atoms with Crippen molar-refractivity contribution in [2.45, 2.75) is 25.2 Å². The van der Waals surface area contributed by atoms with E-state index in [1.54, 1.807) is 35.6 Å². The largest absolute Gasteiger partial charge is 0.345 e. The molecule has 3 aromatic rings. The zero-order valence-corrected chi connectivity index (χ0v) is 19.4. The van der Waals surface area contributed by atoms with E-state index in [1.165, 1.54) is 21.0 Å². The summed E-state index contributed by atoms with van der Waals surface area (Å²) in [5, 5.41) is 3.59. The second kappa shape index (κ2) is 8.67. The average molecular weight is 462 g/mol. The van der Waals surface area contributed by atoms with E-state index in [1.807, 2.05) is 0 Å². The van der Waals surface area contributed by atoms with Crippen molar-refractivity contribution in [3.05, 3.63) is 75.3 Å². The van der Waals surface area contributed by atoms with Crippen molar-refractivity contribution < 1.29 is 8.42 Å². The topological polar surface area (TPSA) is 53.5 Å². The summed E-state index contributed by atoms with van der Waals surface area (Å²) in [4.78, 5) is 7.28. The third-order valence-electron chi connectivity index (χ3n) is 5.50. The van der Waals surface area contributed by atoms with Gasteiger partial charge in [0.05, 0.1) is 10.6 Å². The van der Waals surface area contributed by atoms with Crippen LogP contribution in [0.15, 0.2) is 52.7 Å². The number of hydrogen-bond donors (Lipinski definition) is 0. The van der Waals surface area contributed by atoms with E-state index in [0.29, 0.717) is 31.2 Å². The lowest BCUT2D eigenvalue weighted by molar-refractivity contribution is 0.384. The van der Waals surface area contributed by atoms with Gasteiger partial charge in [0, 0.05) is 43.0 Å². The van der Waals surface area contributed by atoms with Gasteiger partial charge in [-0.25, -0.2) is 13.4 Å². The van der Waals surface area contributed by atoms with E-state index in [2.05, 4.69) is 42.3 Å². The van der Waals surface area contributed by atoms with E-state index in [-0.39, 0.29) is 4.90 Å². The van der Waals surface area contributed by atoms with Crippen LogP contribution >= 0.6 is 22.9 Å². The number of rotatable bonds is 5. The standard InChI is InChI=1S/C22H24ClN3O2S2/c1-16-4-3-5-17(2)21(16)14-19-15-29-22(24-19)25-10-12-26(13-11-25)30(27,28)20-8-6-18(23)7-9-20/h3-9,15H,10-14H2,1-2H3. The molecule has 1 saturated heterocycles. The van der Waals surface area contributed by atoms with E-state index in [4.69, 9.17) is 16.6 Å². The Balaban J connectivity index is 1.42. The highest BCUT2D eigenvalue weighted by Crippen LogP contribution is 2.27. The molecule has 2 heterocycles. The SMILES string of the molecule is Cc1cccc(C)c1Cc1csc(N2CCN(S(=O)(=O)c3ccc(Cl)cc3)CC2)n1. The third kappa shape index (κ3) is 4.39. The molecule has 5 nitrogen and oxygen atoms in total. The summed E-state index contributed by atoms with van der Waals surface area (Å²) in [5.74, 6) is 0. The van der Waals surface area contributed by atoms with Gasteiger partial charge in [-0.05, 0) is 54.8 Å². The van der Waals surface area contributed by atoms with E-state index >= 15 is 0 Å². The summed E-state index contributed by atoms with van der Waals surface area (Å²) in [7, 11) is -3.50. The maximum atomic E-state index is 12.9. The Morgan fingerprint density at radius 3 is 2.27 bits per heavy atom. The van der Waals surface area contributed by atoms with Gasteiger partial charge in [0.1, 0.15) is 0 Å². The first-order valence-electron chi connectivity index (χ1n) is 9.85. The molecular formula is C22H24ClN3O2S2. The van der Waals surface area contributed by atoms with Gasteiger partial charge >= 0.3 is 0 Å². The maximum absolute atomic E-state index is 12.9. The van der Waals surface area contributed by atoms with Gasteiger partial charge in [0.15, 0.2) is 5.13 Å². The lowest BCUT2D eigenvalue weighted by Gasteiger charge is -2.33. The summed E-state index contributed by atoms with van der Waals surface area (Å²) in [6.07, 6.45) is 0.819.